The number of unbranched alkanes of at least 4 members (excludes halogenated alkanes) is 1. The van der Waals surface area contributed by atoms with Gasteiger partial charge in [-0.1, -0.05) is 13.3 Å². The second-order valence-corrected chi connectivity index (χ2v) is 5.41. The SMILES string of the molecule is CCCCOC(=O)CCSc1cc(N)ncc1C(F)(F)F. The Kier molecular flexibility index (Phi) is 6.80. The van der Waals surface area contributed by atoms with Crippen LogP contribution in [0.1, 0.15) is 31.7 Å². The smallest absolute Gasteiger partial charge is 0.418 e. The van der Waals surface area contributed by atoms with E-state index in [0.29, 0.717) is 12.8 Å². The number of halogens is 3. The molecule has 0 radical (unpaired) electrons. The number of carbonyl (C=O) groups excluding carboxylic acids is 1. The van der Waals surface area contributed by atoms with Crippen LogP contribution in [-0.4, -0.2) is 23.3 Å². The summed E-state index contributed by atoms with van der Waals surface area (Å²) >= 11 is 0.915. The van der Waals surface area contributed by atoms with Crippen molar-refractivity contribution < 1.29 is 22.7 Å². The number of hydrogen-bond donors (Lipinski definition) is 1. The number of pyridine rings is 1. The van der Waals surface area contributed by atoms with Gasteiger partial charge in [-0.2, -0.15) is 13.2 Å². The Morgan fingerprint density at radius 2 is 2.19 bits per heavy atom. The lowest BCUT2D eigenvalue weighted by atomic mass is 10.3. The predicted octanol–water partition coefficient (Wildman–Crippen LogP) is 3.51. The molecule has 8 heteroatoms. The number of nitrogens with zero attached hydrogens (tertiary/aromatic N) is 1. The van der Waals surface area contributed by atoms with Crippen LogP contribution < -0.4 is 5.73 Å². The van der Waals surface area contributed by atoms with Crippen LogP contribution in [-0.2, 0) is 15.7 Å². The molecular formula is C13H17F3N2O2S. The number of anilines is 1. The summed E-state index contributed by atoms with van der Waals surface area (Å²) in [6.45, 7) is 2.31. The van der Waals surface area contributed by atoms with Crippen LogP contribution in [0.15, 0.2) is 17.2 Å². The standard InChI is InChI=1S/C13H17F3N2O2S/c1-2-3-5-20-12(19)4-6-21-10-7-11(17)18-8-9(10)13(14,15)16/h7-8H,2-6H2,1H3,(H2,17,18). The molecule has 21 heavy (non-hydrogen) atoms. The number of hydrogen-bond acceptors (Lipinski definition) is 5. The summed E-state index contributed by atoms with van der Waals surface area (Å²) in [5.41, 5.74) is 4.55. The van der Waals surface area contributed by atoms with Gasteiger partial charge in [-0.25, -0.2) is 4.98 Å². The zero-order valence-corrected chi connectivity index (χ0v) is 12.4. The van der Waals surface area contributed by atoms with Gasteiger partial charge in [0, 0.05) is 16.8 Å². The number of rotatable bonds is 7. The van der Waals surface area contributed by atoms with E-state index in [1.807, 2.05) is 6.92 Å². The lowest BCUT2D eigenvalue weighted by Gasteiger charge is -2.12. The summed E-state index contributed by atoms with van der Waals surface area (Å²) in [6.07, 6.45) is -2.05. The Labute approximate surface area is 125 Å². The third-order valence-electron chi connectivity index (χ3n) is 2.52. The van der Waals surface area contributed by atoms with Gasteiger partial charge in [0.05, 0.1) is 18.6 Å². The highest BCUT2D eigenvalue weighted by atomic mass is 32.2. The molecule has 0 aliphatic rings. The van der Waals surface area contributed by atoms with Crippen LogP contribution in [0.5, 0.6) is 0 Å². The van der Waals surface area contributed by atoms with Crippen LogP contribution in [0.2, 0.25) is 0 Å². The lowest BCUT2D eigenvalue weighted by Crippen LogP contribution is -2.10. The van der Waals surface area contributed by atoms with E-state index in [2.05, 4.69) is 4.98 Å². The molecule has 0 saturated heterocycles. The molecule has 0 unspecified atom stereocenters. The van der Waals surface area contributed by atoms with Gasteiger partial charge in [-0.05, 0) is 12.5 Å². The van der Waals surface area contributed by atoms with Crippen molar-refractivity contribution in [3.05, 3.63) is 17.8 Å². The second kappa shape index (κ2) is 8.11. The maximum atomic E-state index is 12.8. The summed E-state index contributed by atoms with van der Waals surface area (Å²) in [5, 5.41) is 0. The zero-order valence-electron chi connectivity index (χ0n) is 11.6. The topological polar surface area (TPSA) is 65.2 Å². The highest BCUT2D eigenvalue weighted by Crippen LogP contribution is 2.37. The Morgan fingerprint density at radius 3 is 2.81 bits per heavy atom. The molecule has 0 fully saturated rings. The number of carbonyl (C=O) groups is 1. The van der Waals surface area contributed by atoms with Crippen molar-refractivity contribution in [1.82, 2.24) is 4.98 Å². The van der Waals surface area contributed by atoms with E-state index >= 15 is 0 Å². The minimum atomic E-state index is -4.50. The Hall–Kier alpha value is -1.44. The molecule has 1 heterocycles. The van der Waals surface area contributed by atoms with Crippen LogP contribution >= 0.6 is 11.8 Å². The number of ether oxygens (including phenoxy) is 1. The van der Waals surface area contributed by atoms with E-state index in [9.17, 15) is 18.0 Å². The van der Waals surface area contributed by atoms with E-state index in [1.165, 1.54) is 0 Å². The van der Waals surface area contributed by atoms with Crippen LogP contribution in [0.4, 0.5) is 19.0 Å². The number of aromatic nitrogens is 1. The Morgan fingerprint density at radius 1 is 1.48 bits per heavy atom. The van der Waals surface area contributed by atoms with Crippen molar-refractivity contribution in [2.24, 2.45) is 0 Å². The average molecular weight is 322 g/mol. The number of nitrogens with two attached hydrogens (primary N) is 1. The number of alkyl halides is 3. The first-order valence-electron chi connectivity index (χ1n) is 6.45. The molecule has 1 rings (SSSR count). The molecule has 1 aromatic heterocycles. The van der Waals surface area contributed by atoms with Gasteiger partial charge in [0.15, 0.2) is 0 Å². The first-order valence-corrected chi connectivity index (χ1v) is 7.44. The van der Waals surface area contributed by atoms with Crippen molar-refractivity contribution in [1.29, 1.82) is 0 Å². The number of esters is 1. The number of nitrogen functional groups attached to an aromatic ring is 1. The maximum Gasteiger partial charge on any atom is 0.418 e. The molecule has 1 aromatic rings. The highest BCUT2D eigenvalue weighted by molar-refractivity contribution is 7.99. The van der Waals surface area contributed by atoms with E-state index in [4.69, 9.17) is 10.5 Å². The van der Waals surface area contributed by atoms with Crippen molar-refractivity contribution in [3.63, 3.8) is 0 Å². The monoisotopic (exact) mass is 322 g/mol. The van der Waals surface area contributed by atoms with Gasteiger partial charge in [-0.15, -0.1) is 11.8 Å². The Balaban J connectivity index is 2.55. The van der Waals surface area contributed by atoms with Crippen molar-refractivity contribution in [2.45, 2.75) is 37.3 Å². The van der Waals surface area contributed by atoms with Crippen molar-refractivity contribution in [3.8, 4) is 0 Å². The zero-order chi connectivity index (χ0) is 15.9. The minimum absolute atomic E-state index is 0.0102. The third kappa shape index (κ3) is 6.24. The molecule has 0 amide bonds. The van der Waals surface area contributed by atoms with Gasteiger partial charge in [0.25, 0.3) is 0 Å². The van der Waals surface area contributed by atoms with Gasteiger partial charge < -0.3 is 10.5 Å². The summed E-state index contributed by atoms with van der Waals surface area (Å²) in [4.78, 5) is 14.8. The second-order valence-electron chi connectivity index (χ2n) is 4.28. The fraction of sp³-hybridized carbons (Fsp3) is 0.538. The van der Waals surface area contributed by atoms with E-state index in [-0.39, 0.29) is 22.9 Å². The molecule has 4 nitrogen and oxygen atoms in total. The van der Waals surface area contributed by atoms with Gasteiger partial charge >= 0.3 is 12.1 Å². The van der Waals surface area contributed by atoms with Gasteiger partial charge in [-0.3, -0.25) is 4.79 Å². The molecule has 0 saturated carbocycles. The van der Waals surface area contributed by atoms with Gasteiger partial charge in [0.1, 0.15) is 5.82 Å². The molecular weight excluding hydrogens is 305 g/mol. The molecule has 0 atom stereocenters. The van der Waals surface area contributed by atoms with Crippen LogP contribution in [0.3, 0.4) is 0 Å². The first-order chi connectivity index (χ1) is 9.84. The molecule has 0 aromatic carbocycles. The summed E-state index contributed by atoms with van der Waals surface area (Å²) in [5.74, 6) is -0.208. The highest BCUT2D eigenvalue weighted by Gasteiger charge is 2.34. The van der Waals surface area contributed by atoms with Crippen molar-refractivity contribution >= 4 is 23.5 Å². The largest absolute Gasteiger partial charge is 0.466 e. The van der Waals surface area contributed by atoms with E-state index in [1.54, 1.807) is 0 Å². The lowest BCUT2D eigenvalue weighted by molar-refractivity contribution is -0.143. The van der Waals surface area contributed by atoms with Crippen molar-refractivity contribution in [2.75, 3.05) is 18.1 Å². The van der Waals surface area contributed by atoms with Crippen LogP contribution in [0, 0.1) is 0 Å². The summed E-state index contributed by atoms with van der Waals surface area (Å²) in [7, 11) is 0. The van der Waals surface area contributed by atoms with Gasteiger partial charge in [0.2, 0.25) is 0 Å². The fourth-order valence-electron chi connectivity index (χ4n) is 1.43. The molecule has 2 N–H and O–H groups in total. The first kappa shape index (κ1) is 17.6. The van der Waals surface area contributed by atoms with Crippen LogP contribution in [0.25, 0.3) is 0 Å². The Bertz CT molecular complexity index is 481. The fourth-order valence-corrected chi connectivity index (χ4v) is 2.45. The predicted molar refractivity (Wildman–Crippen MR) is 74.9 cm³/mol. The molecule has 0 spiro atoms. The van der Waals surface area contributed by atoms with E-state index in [0.717, 1.165) is 30.7 Å². The minimum Gasteiger partial charge on any atom is -0.466 e. The summed E-state index contributed by atoms with van der Waals surface area (Å²) < 4.78 is 43.3. The normalized spacial score (nSPS) is 11.4. The summed E-state index contributed by atoms with van der Waals surface area (Å²) in [6, 6.07) is 1.16. The molecule has 0 bridgehead atoms. The maximum absolute atomic E-state index is 12.8. The average Bonchev–Trinajstić information content (AvgIpc) is 2.37. The quantitative estimate of drug-likeness (QED) is 0.473. The third-order valence-corrected chi connectivity index (χ3v) is 3.57. The number of thioether (sulfide) groups is 1. The molecule has 0 aliphatic carbocycles. The van der Waals surface area contributed by atoms with E-state index < -0.39 is 17.7 Å². The molecule has 118 valence electrons. The molecule has 0 aliphatic heterocycles.